The molecule has 0 spiro atoms. The molecule has 0 aliphatic rings. The van der Waals surface area contributed by atoms with Gasteiger partial charge in [-0.25, -0.2) is 24.4 Å². The maximum Gasteiger partial charge on any atom is 0.338 e. The Morgan fingerprint density at radius 1 is 0.661 bits per heavy atom. The molecule has 0 aliphatic carbocycles. The summed E-state index contributed by atoms with van der Waals surface area (Å²) in [7, 11) is 0. The standard InChI is InChI=1S/C36H50N14O6/c1-5-24(6-2)21-56-29(53)25-11-13-26(14-12-25)43-34-47-30(37-15-7-9-17-39-35(54)49-32-41-22(3)19-27(51)44-32)46-31(48-34)38-16-8-10-18-40-36(55)50-33-42-23(4)20-28(52)45-33/h11-14,19-20,24H,5-10,15-18,21H2,1-4H3,(H3,37,38,43,46,47,48)(H3,39,41,44,49,51,54)(H3,40,42,45,50,52,55). The number of carbonyl (C=O) groups is 3. The normalized spacial score (nSPS) is 10.7. The van der Waals surface area contributed by atoms with Gasteiger partial charge in [0.25, 0.3) is 11.1 Å². The molecule has 20 heteroatoms. The molecule has 0 saturated carbocycles. The zero-order valence-electron chi connectivity index (χ0n) is 32.0. The fraction of sp³-hybridized carbons (Fsp3) is 0.444. The Kier molecular flexibility index (Phi) is 16.5. The first kappa shape index (κ1) is 42.1. The highest BCUT2D eigenvalue weighted by molar-refractivity contribution is 5.90. The molecule has 0 aliphatic heterocycles. The molecule has 4 amide bonds. The molecular weight excluding hydrogens is 724 g/mol. The van der Waals surface area contributed by atoms with E-state index in [9.17, 15) is 24.0 Å². The van der Waals surface area contributed by atoms with Crippen molar-refractivity contribution in [2.75, 3.05) is 59.4 Å². The lowest BCUT2D eigenvalue weighted by molar-refractivity contribution is 0.0433. The topological polar surface area (TPSA) is 275 Å². The molecule has 1 aromatic carbocycles. The summed E-state index contributed by atoms with van der Waals surface area (Å²) in [6, 6.07) is 8.51. The van der Waals surface area contributed by atoms with Crippen LogP contribution in [-0.2, 0) is 4.74 Å². The molecule has 0 saturated heterocycles. The van der Waals surface area contributed by atoms with Gasteiger partial charge in [-0.1, -0.05) is 26.7 Å². The molecule has 0 bridgehead atoms. The van der Waals surface area contributed by atoms with Gasteiger partial charge in [0, 0.05) is 55.4 Å². The molecule has 4 rings (SSSR count). The number of ether oxygens (including phenoxy) is 1. The van der Waals surface area contributed by atoms with Gasteiger partial charge in [0.1, 0.15) is 0 Å². The molecule has 56 heavy (non-hydrogen) atoms. The summed E-state index contributed by atoms with van der Waals surface area (Å²) in [5.41, 5.74) is 1.34. The number of nitrogens with zero attached hydrogens (tertiary/aromatic N) is 5. The van der Waals surface area contributed by atoms with Gasteiger partial charge in [-0.3, -0.25) is 30.2 Å². The summed E-state index contributed by atoms with van der Waals surface area (Å²) in [4.78, 5) is 86.8. The van der Waals surface area contributed by atoms with Crippen LogP contribution in [0.1, 0.15) is 74.1 Å². The lowest BCUT2D eigenvalue weighted by Crippen LogP contribution is -2.31. The summed E-state index contributed by atoms with van der Waals surface area (Å²) in [6.45, 7) is 9.58. The molecule has 0 radical (unpaired) electrons. The second kappa shape index (κ2) is 21.9. The Morgan fingerprint density at radius 3 is 1.59 bits per heavy atom. The van der Waals surface area contributed by atoms with Gasteiger partial charge in [0.15, 0.2) is 0 Å². The van der Waals surface area contributed by atoms with Gasteiger partial charge < -0.3 is 31.3 Å². The highest BCUT2D eigenvalue weighted by atomic mass is 16.5. The minimum Gasteiger partial charge on any atom is -0.462 e. The van der Waals surface area contributed by atoms with Crippen LogP contribution < -0.4 is 48.3 Å². The number of urea groups is 2. The second-order valence-corrected chi connectivity index (χ2v) is 12.8. The van der Waals surface area contributed by atoms with Crippen LogP contribution in [0.3, 0.4) is 0 Å². The Hall–Kier alpha value is -6.60. The van der Waals surface area contributed by atoms with Crippen molar-refractivity contribution in [3.63, 3.8) is 0 Å². The predicted molar refractivity (Wildman–Crippen MR) is 213 cm³/mol. The molecule has 300 valence electrons. The van der Waals surface area contributed by atoms with Crippen LogP contribution in [0.15, 0.2) is 46.0 Å². The van der Waals surface area contributed by atoms with Crippen molar-refractivity contribution in [3.05, 3.63) is 74.1 Å². The monoisotopic (exact) mass is 774 g/mol. The van der Waals surface area contributed by atoms with E-state index in [2.05, 4.69) is 86.0 Å². The van der Waals surface area contributed by atoms with Gasteiger partial charge >= 0.3 is 18.0 Å². The Labute approximate surface area is 323 Å². The fourth-order valence-corrected chi connectivity index (χ4v) is 5.09. The number of aromatic amines is 2. The summed E-state index contributed by atoms with van der Waals surface area (Å²) < 4.78 is 5.49. The van der Waals surface area contributed by atoms with E-state index in [1.807, 2.05) is 0 Å². The Bertz CT molecular complexity index is 1910. The number of nitrogens with one attached hydrogen (secondary N) is 9. The van der Waals surface area contributed by atoms with Crippen LogP contribution >= 0.6 is 0 Å². The maximum absolute atomic E-state index is 12.6. The number of unbranched alkanes of at least 4 members (excludes halogenated alkanes) is 2. The molecule has 20 nitrogen and oxygen atoms in total. The molecule has 9 N–H and O–H groups in total. The molecule has 3 aromatic heterocycles. The van der Waals surface area contributed by atoms with E-state index in [-0.39, 0.29) is 34.9 Å². The number of hydrogen-bond donors (Lipinski definition) is 9. The van der Waals surface area contributed by atoms with E-state index in [0.29, 0.717) is 98.9 Å². The van der Waals surface area contributed by atoms with Crippen LogP contribution in [0.4, 0.5) is 45.0 Å². The summed E-state index contributed by atoms with van der Waals surface area (Å²) >= 11 is 0. The van der Waals surface area contributed by atoms with Crippen molar-refractivity contribution in [3.8, 4) is 0 Å². The SMILES string of the molecule is CCC(CC)COC(=O)c1ccc(Nc2nc(NCCCCNC(=O)Nc3nc(C)cc(=O)[nH]3)nc(NCCCCNC(=O)Nc3nc(C)cc(=O)[nH]3)n2)cc1. The number of amides is 4. The highest BCUT2D eigenvalue weighted by Gasteiger charge is 2.13. The predicted octanol–water partition coefficient (Wildman–Crippen LogP) is 4.02. The van der Waals surface area contributed by atoms with E-state index in [1.54, 1.807) is 38.1 Å². The van der Waals surface area contributed by atoms with Crippen LogP contribution in [0.2, 0.25) is 0 Å². The van der Waals surface area contributed by atoms with E-state index in [4.69, 9.17) is 4.74 Å². The molecular formula is C36H50N14O6. The van der Waals surface area contributed by atoms with Gasteiger partial charge in [0.05, 0.1) is 12.2 Å². The number of aromatic nitrogens is 7. The quantitative estimate of drug-likeness (QED) is 0.0427. The number of anilines is 6. The second-order valence-electron chi connectivity index (χ2n) is 12.8. The number of carbonyl (C=O) groups excluding carboxylic acids is 3. The van der Waals surface area contributed by atoms with Crippen molar-refractivity contribution in [1.82, 2.24) is 45.5 Å². The summed E-state index contributed by atoms with van der Waals surface area (Å²) in [5.74, 6) is 0.968. The molecule has 4 aromatic rings. The third-order valence-corrected chi connectivity index (χ3v) is 8.16. The molecule has 0 fully saturated rings. The van der Waals surface area contributed by atoms with E-state index < -0.39 is 12.1 Å². The van der Waals surface area contributed by atoms with E-state index >= 15 is 0 Å². The number of esters is 1. The average Bonchev–Trinajstić information content (AvgIpc) is 3.14. The van der Waals surface area contributed by atoms with Crippen molar-refractivity contribution in [2.45, 2.75) is 66.2 Å². The van der Waals surface area contributed by atoms with E-state index in [1.165, 1.54) is 12.1 Å². The minimum absolute atomic E-state index is 0.0686. The fourth-order valence-electron chi connectivity index (χ4n) is 5.09. The molecule has 3 heterocycles. The molecule has 0 unspecified atom stereocenters. The summed E-state index contributed by atoms with van der Waals surface area (Å²) in [5, 5.41) is 20.0. The lowest BCUT2D eigenvalue weighted by atomic mass is 10.1. The van der Waals surface area contributed by atoms with Crippen LogP contribution in [0, 0.1) is 19.8 Å². The summed E-state index contributed by atoms with van der Waals surface area (Å²) in [6.07, 6.45) is 4.49. The van der Waals surface area contributed by atoms with Crippen molar-refractivity contribution >= 4 is 53.5 Å². The smallest absolute Gasteiger partial charge is 0.338 e. The Balaban J connectivity index is 1.28. The number of rotatable bonds is 21. The van der Waals surface area contributed by atoms with Gasteiger partial charge in [0.2, 0.25) is 29.7 Å². The Morgan fingerprint density at radius 2 is 1.12 bits per heavy atom. The molecule has 0 atom stereocenters. The van der Waals surface area contributed by atoms with E-state index in [0.717, 1.165) is 12.8 Å². The number of aryl methyl sites for hydroxylation is 2. The van der Waals surface area contributed by atoms with Gasteiger partial charge in [-0.05, 0) is 69.7 Å². The van der Waals surface area contributed by atoms with Gasteiger partial charge in [-0.2, -0.15) is 15.0 Å². The maximum atomic E-state index is 12.6. The largest absolute Gasteiger partial charge is 0.462 e. The average molecular weight is 775 g/mol. The zero-order chi connectivity index (χ0) is 40.3. The van der Waals surface area contributed by atoms with Crippen LogP contribution in [-0.4, -0.2) is 85.7 Å². The van der Waals surface area contributed by atoms with Gasteiger partial charge in [-0.15, -0.1) is 0 Å². The zero-order valence-corrected chi connectivity index (χ0v) is 32.0. The van der Waals surface area contributed by atoms with Crippen LogP contribution in [0.5, 0.6) is 0 Å². The first-order chi connectivity index (χ1) is 27.0. The van der Waals surface area contributed by atoms with Crippen molar-refractivity contribution in [1.29, 1.82) is 0 Å². The first-order valence-corrected chi connectivity index (χ1v) is 18.5. The van der Waals surface area contributed by atoms with Crippen molar-refractivity contribution < 1.29 is 19.1 Å². The third kappa shape index (κ3) is 15.0. The minimum atomic E-state index is -0.488. The highest BCUT2D eigenvalue weighted by Crippen LogP contribution is 2.18. The lowest BCUT2D eigenvalue weighted by Gasteiger charge is -2.13. The number of H-pyrrole nitrogens is 2. The first-order valence-electron chi connectivity index (χ1n) is 18.5. The number of hydrogen-bond acceptors (Lipinski definition) is 14. The van der Waals surface area contributed by atoms with Crippen LogP contribution in [0.25, 0.3) is 0 Å². The van der Waals surface area contributed by atoms with Crippen molar-refractivity contribution in [2.24, 2.45) is 5.92 Å². The third-order valence-electron chi connectivity index (χ3n) is 8.16. The number of benzene rings is 1.